The lowest BCUT2D eigenvalue weighted by atomic mass is 9.95. The van der Waals surface area contributed by atoms with Gasteiger partial charge in [-0.2, -0.15) is 5.10 Å². The van der Waals surface area contributed by atoms with Crippen LogP contribution >= 0.6 is 0 Å². The van der Waals surface area contributed by atoms with E-state index in [0.717, 1.165) is 57.6 Å². The number of hydrogen-bond acceptors (Lipinski definition) is 5. The van der Waals surface area contributed by atoms with Crippen molar-refractivity contribution >= 4 is 0 Å². The van der Waals surface area contributed by atoms with Crippen LogP contribution in [0.3, 0.4) is 0 Å². The molecule has 1 saturated heterocycles. The van der Waals surface area contributed by atoms with Crippen molar-refractivity contribution in [1.29, 1.82) is 0 Å². The molecule has 1 fully saturated rings. The second kappa shape index (κ2) is 12.2. The molecular formula is C28H36FN3O3. The van der Waals surface area contributed by atoms with E-state index < -0.39 is 5.60 Å². The van der Waals surface area contributed by atoms with Crippen LogP contribution in [-0.4, -0.2) is 53.7 Å². The summed E-state index contributed by atoms with van der Waals surface area (Å²) in [7, 11) is 1.73. The number of benzene rings is 2. The highest BCUT2D eigenvalue weighted by molar-refractivity contribution is 5.27. The number of halogens is 1. The average Bonchev–Trinajstić information content (AvgIpc) is 3.18. The molecule has 0 saturated carbocycles. The van der Waals surface area contributed by atoms with Crippen molar-refractivity contribution in [1.82, 2.24) is 14.7 Å². The van der Waals surface area contributed by atoms with Crippen molar-refractivity contribution in [2.24, 2.45) is 0 Å². The van der Waals surface area contributed by atoms with Gasteiger partial charge in [0, 0.05) is 39.4 Å². The number of likely N-dealkylation sites (tertiary alicyclic amines) is 1. The first-order valence-electron chi connectivity index (χ1n) is 12.4. The maximum Gasteiger partial charge on any atom is 0.165 e. The summed E-state index contributed by atoms with van der Waals surface area (Å²) < 4.78 is 33.5. The molecule has 35 heavy (non-hydrogen) atoms. The number of ether oxygens (including phenoxy) is 3. The topological polar surface area (TPSA) is 48.8 Å². The fourth-order valence-corrected chi connectivity index (χ4v) is 4.52. The van der Waals surface area contributed by atoms with Crippen LogP contribution in [0.4, 0.5) is 4.39 Å². The SMILES string of the molecule is CO[C@]1(COc2ccccc2F)CCCN(Cc2ccc(OCCCn3cc(C)cn3)cc2)CC1. The standard InChI is InChI=1S/C28H36FN3O3/c1-23-19-30-32(20-23)16-6-18-34-25-11-9-24(10-12-25)21-31-15-5-13-28(33-2,14-17-31)22-35-27-8-4-3-7-26(27)29/h3-4,7-12,19-20H,5-6,13-18,21-22H2,1-2H3/t28-/m1/s1. The summed E-state index contributed by atoms with van der Waals surface area (Å²) in [5.74, 6) is 0.836. The average molecular weight is 482 g/mol. The Kier molecular flexibility index (Phi) is 8.77. The van der Waals surface area contributed by atoms with Crippen LogP contribution in [-0.2, 0) is 17.8 Å². The highest BCUT2D eigenvalue weighted by atomic mass is 19.1. The summed E-state index contributed by atoms with van der Waals surface area (Å²) in [4.78, 5) is 2.45. The Hall–Kier alpha value is -2.90. The summed E-state index contributed by atoms with van der Waals surface area (Å²) >= 11 is 0. The highest BCUT2D eigenvalue weighted by Gasteiger charge is 2.34. The minimum absolute atomic E-state index is 0.281. The molecule has 0 unspecified atom stereocenters. The first-order valence-corrected chi connectivity index (χ1v) is 12.4. The fraction of sp³-hybridized carbons (Fsp3) is 0.464. The van der Waals surface area contributed by atoms with Gasteiger partial charge in [-0.15, -0.1) is 0 Å². The van der Waals surface area contributed by atoms with Gasteiger partial charge in [0.1, 0.15) is 18.0 Å². The number of aromatic nitrogens is 2. The molecule has 2 aromatic carbocycles. The molecule has 0 N–H and O–H groups in total. The Balaban J connectivity index is 1.22. The molecule has 0 amide bonds. The van der Waals surface area contributed by atoms with Crippen LogP contribution in [0.15, 0.2) is 60.9 Å². The Morgan fingerprint density at radius 2 is 1.86 bits per heavy atom. The van der Waals surface area contributed by atoms with Gasteiger partial charge in [-0.05, 0) is 68.1 Å². The minimum Gasteiger partial charge on any atom is -0.494 e. The Labute approximate surface area is 207 Å². The van der Waals surface area contributed by atoms with Crippen LogP contribution in [0, 0.1) is 12.7 Å². The van der Waals surface area contributed by atoms with E-state index in [9.17, 15) is 4.39 Å². The molecule has 0 spiro atoms. The third-order valence-electron chi connectivity index (χ3n) is 6.64. The number of aryl methyl sites for hydroxylation is 2. The van der Waals surface area contributed by atoms with E-state index in [1.807, 2.05) is 36.1 Å². The first-order chi connectivity index (χ1) is 17.0. The molecule has 3 aromatic rings. The molecule has 4 rings (SSSR count). The van der Waals surface area contributed by atoms with Crippen LogP contribution < -0.4 is 9.47 Å². The van der Waals surface area contributed by atoms with Gasteiger partial charge >= 0.3 is 0 Å². The lowest BCUT2D eigenvalue weighted by Crippen LogP contribution is -2.39. The molecule has 188 valence electrons. The first kappa shape index (κ1) is 25.2. The van der Waals surface area contributed by atoms with Crippen molar-refractivity contribution in [3.8, 4) is 11.5 Å². The minimum atomic E-state index is -0.399. The number of hydrogen-bond donors (Lipinski definition) is 0. The van der Waals surface area contributed by atoms with Crippen LogP contribution in [0.2, 0.25) is 0 Å². The second-order valence-electron chi connectivity index (χ2n) is 9.36. The van der Waals surface area contributed by atoms with E-state index in [1.54, 1.807) is 25.3 Å². The molecule has 7 heteroatoms. The summed E-state index contributed by atoms with van der Waals surface area (Å²) in [6.07, 6.45) is 7.57. The van der Waals surface area contributed by atoms with E-state index in [-0.39, 0.29) is 11.6 Å². The van der Waals surface area contributed by atoms with Gasteiger partial charge in [-0.25, -0.2) is 4.39 Å². The molecule has 1 atom stereocenters. The van der Waals surface area contributed by atoms with E-state index in [1.165, 1.54) is 17.2 Å². The van der Waals surface area contributed by atoms with Gasteiger partial charge in [0.05, 0.1) is 12.8 Å². The van der Waals surface area contributed by atoms with Gasteiger partial charge in [-0.1, -0.05) is 24.3 Å². The van der Waals surface area contributed by atoms with Crippen LogP contribution in [0.1, 0.15) is 36.8 Å². The number of nitrogens with zero attached hydrogens (tertiary/aromatic N) is 3. The zero-order valence-corrected chi connectivity index (χ0v) is 20.8. The second-order valence-corrected chi connectivity index (χ2v) is 9.36. The summed E-state index contributed by atoms with van der Waals surface area (Å²) in [6, 6.07) is 14.9. The van der Waals surface area contributed by atoms with E-state index in [4.69, 9.17) is 14.2 Å². The lowest BCUT2D eigenvalue weighted by molar-refractivity contribution is -0.0548. The third-order valence-corrected chi connectivity index (χ3v) is 6.64. The van der Waals surface area contributed by atoms with Crippen molar-refractivity contribution in [3.63, 3.8) is 0 Å². The van der Waals surface area contributed by atoms with Crippen molar-refractivity contribution in [3.05, 3.63) is 77.9 Å². The normalized spacial score (nSPS) is 18.8. The maximum atomic E-state index is 14.0. The molecule has 0 aliphatic carbocycles. The third kappa shape index (κ3) is 7.29. The molecular weight excluding hydrogens is 445 g/mol. The molecule has 0 radical (unpaired) electrons. The van der Waals surface area contributed by atoms with E-state index >= 15 is 0 Å². The molecule has 1 aromatic heterocycles. The van der Waals surface area contributed by atoms with Crippen molar-refractivity contribution in [2.75, 3.05) is 33.4 Å². The van der Waals surface area contributed by atoms with Gasteiger partial charge in [0.25, 0.3) is 0 Å². The lowest BCUT2D eigenvalue weighted by Gasteiger charge is -2.31. The molecule has 1 aliphatic rings. The van der Waals surface area contributed by atoms with E-state index in [2.05, 4.69) is 22.1 Å². The Morgan fingerprint density at radius 3 is 2.60 bits per heavy atom. The molecule has 6 nitrogen and oxygen atoms in total. The van der Waals surface area contributed by atoms with Crippen LogP contribution in [0.25, 0.3) is 0 Å². The smallest absolute Gasteiger partial charge is 0.165 e. The predicted octanol–water partition coefficient (Wildman–Crippen LogP) is 5.25. The van der Waals surface area contributed by atoms with Crippen molar-refractivity contribution in [2.45, 2.75) is 51.3 Å². The predicted molar refractivity (Wildman–Crippen MR) is 134 cm³/mol. The highest BCUT2D eigenvalue weighted by Crippen LogP contribution is 2.29. The maximum absolute atomic E-state index is 14.0. The molecule has 2 heterocycles. The summed E-state index contributed by atoms with van der Waals surface area (Å²) in [5.41, 5.74) is 2.04. The largest absolute Gasteiger partial charge is 0.494 e. The van der Waals surface area contributed by atoms with Crippen molar-refractivity contribution < 1.29 is 18.6 Å². The Bertz CT molecular complexity index is 1060. The summed E-state index contributed by atoms with van der Waals surface area (Å²) in [5, 5.41) is 4.30. The zero-order chi connectivity index (χ0) is 24.5. The quantitative estimate of drug-likeness (QED) is 0.350. The number of methoxy groups -OCH3 is 1. The monoisotopic (exact) mass is 481 g/mol. The van der Waals surface area contributed by atoms with Gasteiger partial charge in [0.15, 0.2) is 11.6 Å². The number of para-hydroxylation sites is 1. The van der Waals surface area contributed by atoms with Gasteiger partial charge in [-0.3, -0.25) is 9.58 Å². The van der Waals surface area contributed by atoms with E-state index in [0.29, 0.717) is 13.2 Å². The zero-order valence-electron chi connectivity index (χ0n) is 20.8. The number of rotatable bonds is 11. The molecule has 1 aliphatic heterocycles. The molecule has 0 bridgehead atoms. The Morgan fingerprint density at radius 1 is 1.03 bits per heavy atom. The van der Waals surface area contributed by atoms with Crippen LogP contribution in [0.5, 0.6) is 11.5 Å². The van der Waals surface area contributed by atoms with Gasteiger partial charge < -0.3 is 14.2 Å². The van der Waals surface area contributed by atoms with Gasteiger partial charge in [0.2, 0.25) is 0 Å². The summed E-state index contributed by atoms with van der Waals surface area (Å²) in [6.45, 7) is 6.70. The fourth-order valence-electron chi connectivity index (χ4n) is 4.52.